The molecular weight excluding hydrogens is 427 g/mol. The first-order valence-electron chi connectivity index (χ1n) is 6.83. The summed E-state index contributed by atoms with van der Waals surface area (Å²) in [5, 5.41) is 7.71. The fourth-order valence-corrected chi connectivity index (χ4v) is 3.42. The van der Waals surface area contributed by atoms with Gasteiger partial charge < -0.3 is 10.1 Å². The molecule has 7 nitrogen and oxygen atoms in total. The number of nitrogens with two attached hydrogens (primary N) is 1. The second-order valence-corrected chi connectivity index (χ2v) is 7.66. The highest BCUT2D eigenvalue weighted by molar-refractivity contribution is 7.89. The van der Waals surface area contributed by atoms with Crippen LogP contribution in [0, 0.1) is 0 Å². The van der Waals surface area contributed by atoms with Crippen LogP contribution in [-0.2, 0) is 19.6 Å². The second-order valence-electron chi connectivity index (χ2n) is 4.91. The van der Waals surface area contributed by atoms with E-state index in [4.69, 9.17) is 44.7 Å². The highest BCUT2D eigenvalue weighted by atomic mass is 35.5. The number of hydrogen-bond acceptors (Lipinski definition) is 5. The van der Waals surface area contributed by atoms with Gasteiger partial charge in [-0.2, -0.15) is 0 Å². The number of carbonyl (C=O) groups is 2. The van der Waals surface area contributed by atoms with Crippen molar-refractivity contribution in [2.75, 3.05) is 11.9 Å². The minimum absolute atomic E-state index is 0.137. The first-order chi connectivity index (χ1) is 12.1. The maximum atomic E-state index is 12.0. The van der Waals surface area contributed by atoms with E-state index in [2.05, 4.69) is 5.32 Å². The zero-order valence-corrected chi connectivity index (χ0v) is 15.9. The number of amides is 1. The van der Waals surface area contributed by atoms with Crippen molar-refractivity contribution in [2.24, 2.45) is 5.14 Å². The maximum absolute atomic E-state index is 12.0. The van der Waals surface area contributed by atoms with Gasteiger partial charge in [0.25, 0.3) is 5.91 Å². The van der Waals surface area contributed by atoms with Gasteiger partial charge in [0.05, 0.1) is 26.3 Å². The van der Waals surface area contributed by atoms with Crippen LogP contribution in [-0.4, -0.2) is 26.9 Å². The van der Waals surface area contributed by atoms with E-state index in [0.717, 1.165) is 6.07 Å². The lowest BCUT2D eigenvalue weighted by molar-refractivity contribution is -0.119. The molecule has 11 heteroatoms. The van der Waals surface area contributed by atoms with Crippen LogP contribution in [0.15, 0.2) is 41.3 Å². The molecule has 138 valence electrons. The molecule has 0 aliphatic rings. The number of rotatable bonds is 5. The van der Waals surface area contributed by atoms with Gasteiger partial charge in [0.15, 0.2) is 6.61 Å². The Morgan fingerprint density at radius 3 is 2.23 bits per heavy atom. The second kappa shape index (κ2) is 8.24. The van der Waals surface area contributed by atoms with Crippen LogP contribution in [0.5, 0.6) is 0 Å². The van der Waals surface area contributed by atoms with Crippen molar-refractivity contribution in [1.29, 1.82) is 0 Å². The van der Waals surface area contributed by atoms with Crippen molar-refractivity contribution in [3.8, 4) is 0 Å². The third-order valence-corrected chi connectivity index (χ3v) is 5.06. The number of primary sulfonamides is 1. The van der Waals surface area contributed by atoms with Gasteiger partial charge in [-0.1, -0.05) is 40.9 Å². The molecule has 0 atom stereocenters. The SMILES string of the molecule is NS(=O)(=O)c1cc(C(=O)OCC(=O)Nc2c(Cl)cccc2Cl)ccc1Cl. The summed E-state index contributed by atoms with van der Waals surface area (Å²) in [5.41, 5.74) is 0.0434. The van der Waals surface area contributed by atoms with Crippen molar-refractivity contribution in [1.82, 2.24) is 0 Å². The Balaban J connectivity index is 2.06. The molecular formula is C15H11Cl3N2O5S. The van der Waals surface area contributed by atoms with Gasteiger partial charge in [-0.25, -0.2) is 18.4 Å². The topological polar surface area (TPSA) is 116 Å². The number of nitrogens with one attached hydrogen (secondary N) is 1. The third kappa shape index (κ3) is 5.09. The van der Waals surface area contributed by atoms with E-state index in [1.165, 1.54) is 24.3 Å². The predicted octanol–water partition coefficient (Wildman–Crippen LogP) is 3.09. The van der Waals surface area contributed by atoms with Crippen LogP contribution in [0.4, 0.5) is 5.69 Å². The molecule has 0 saturated carbocycles. The molecule has 0 bridgehead atoms. The van der Waals surface area contributed by atoms with E-state index in [1.807, 2.05) is 0 Å². The molecule has 0 aromatic heterocycles. The number of carbonyl (C=O) groups excluding carboxylic acids is 2. The quantitative estimate of drug-likeness (QED) is 0.697. The number of sulfonamides is 1. The lowest BCUT2D eigenvalue weighted by Crippen LogP contribution is -2.21. The van der Waals surface area contributed by atoms with Gasteiger partial charge >= 0.3 is 5.97 Å². The Morgan fingerprint density at radius 1 is 1.04 bits per heavy atom. The van der Waals surface area contributed by atoms with Crippen LogP contribution in [0.1, 0.15) is 10.4 Å². The van der Waals surface area contributed by atoms with Crippen LogP contribution >= 0.6 is 34.8 Å². The molecule has 0 unspecified atom stereocenters. The Morgan fingerprint density at radius 2 is 1.65 bits per heavy atom. The number of para-hydroxylation sites is 1. The van der Waals surface area contributed by atoms with Crippen molar-refractivity contribution in [3.05, 3.63) is 57.0 Å². The Kier molecular flexibility index (Phi) is 6.48. The molecule has 0 radical (unpaired) electrons. The number of halogens is 3. The number of ether oxygens (including phenoxy) is 1. The summed E-state index contributed by atoms with van der Waals surface area (Å²) >= 11 is 17.6. The predicted molar refractivity (Wildman–Crippen MR) is 98.2 cm³/mol. The van der Waals surface area contributed by atoms with Crippen LogP contribution in [0.2, 0.25) is 15.1 Å². The molecule has 0 saturated heterocycles. The van der Waals surface area contributed by atoms with Crippen molar-refractivity contribution in [3.63, 3.8) is 0 Å². The minimum atomic E-state index is -4.12. The number of hydrogen-bond donors (Lipinski definition) is 2. The first-order valence-corrected chi connectivity index (χ1v) is 9.51. The van der Waals surface area contributed by atoms with Gasteiger partial charge in [0, 0.05) is 0 Å². The average molecular weight is 438 g/mol. The Bertz CT molecular complexity index is 959. The summed E-state index contributed by atoms with van der Waals surface area (Å²) in [6.07, 6.45) is 0. The van der Waals surface area contributed by atoms with Gasteiger partial charge in [0.1, 0.15) is 4.90 Å². The minimum Gasteiger partial charge on any atom is -0.452 e. The first kappa shape index (κ1) is 20.5. The Labute approximate surface area is 164 Å². The molecule has 0 spiro atoms. The van der Waals surface area contributed by atoms with E-state index in [-0.39, 0.29) is 26.3 Å². The largest absolute Gasteiger partial charge is 0.452 e. The lowest BCUT2D eigenvalue weighted by atomic mass is 10.2. The molecule has 0 fully saturated rings. The van der Waals surface area contributed by atoms with Crippen molar-refractivity contribution in [2.45, 2.75) is 4.90 Å². The number of esters is 1. The van der Waals surface area contributed by atoms with E-state index in [9.17, 15) is 18.0 Å². The van der Waals surface area contributed by atoms with E-state index in [1.54, 1.807) is 6.07 Å². The molecule has 2 rings (SSSR count). The van der Waals surface area contributed by atoms with E-state index < -0.39 is 33.4 Å². The standard InChI is InChI=1S/C15H11Cl3N2O5S/c16-9-5-4-8(6-12(9)26(19,23)24)15(22)25-7-13(21)20-14-10(17)2-1-3-11(14)18/h1-6H,7H2,(H,20,21)(H2,19,23,24). The van der Waals surface area contributed by atoms with Gasteiger partial charge in [-0.05, 0) is 30.3 Å². The molecule has 2 aromatic rings. The summed E-state index contributed by atoms with van der Waals surface area (Å²) in [4.78, 5) is 23.5. The maximum Gasteiger partial charge on any atom is 0.338 e. The molecule has 0 heterocycles. The lowest BCUT2D eigenvalue weighted by Gasteiger charge is -2.10. The van der Waals surface area contributed by atoms with Crippen LogP contribution in [0.3, 0.4) is 0 Å². The smallest absolute Gasteiger partial charge is 0.338 e. The normalized spacial score (nSPS) is 11.1. The number of benzene rings is 2. The third-order valence-electron chi connectivity index (χ3n) is 3.03. The summed E-state index contributed by atoms with van der Waals surface area (Å²) < 4.78 is 27.7. The van der Waals surface area contributed by atoms with Gasteiger partial charge in [-0.15, -0.1) is 0 Å². The summed E-state index contributed by atoms with van der Waals surface area (Å²) in [6.45, 7) is -0.645. The zero-order chi connectivity index (χ0) is 19.5. The van der Waals surface area contributed by atoms with Gasteiger partial charge in [-0.3, -0.25) is 4.79 Å². The van der Waals surface area contributed by atoms with E-state index >= 15 is 0 Å². The van der Waals surface area contributed by atoms with Crippen LogP contribution in [0.25, 0.3) is 0 Å². The summed E-state index contributed by atoms with van der Waals surface area (Å²) in [7, 11) is -4.12. The van der Waals surface area contributed by atoms with Crippen molar-refractivity contribution >= 4 is 62.4 Å². The fraction of sp³-hybridized carbons (Fsp3) is 0.0667. The van der Waals surface area contributed by atoms with Crippen molar-refractivity contribution < 1.29 is 22.7 Å². The zero-order valence-electron chi connectivity index (χ0n) is 12.8. The monoisotopic (exact) mass is 436 g/mol. The molecule has 0 aliphatic heterocycles. The molecule has 2 aromatic carbocycles. The average Bonchev–Trinajstić information content (AvgIpc) is 2.55. The molecule has 0 aliphatic carbocycles. The highest BCUT2D eigenvalue weighted by Crippen LogP contribution is 2.29. The Hall–Kier alpha value is -1.84. The summed E-state index contributed by atoms with van der Waals surface area (Å²) in [6, 6.07) is 8.03. The van der Waals surface area contributed by atoms with E-state index in [0.29, 0.717) is 0 Å². The van der Waals surface area contributed by atoms with Gasteiger partial charge in [0.2, 0.25) is 10.0 Å². The highest BCUT2D eigenvalue weighted by Gasteiger charge is 2.18. The molecule has 3 N–H and O–H groups in total. The fourth-order valence-electron chi connectivity index (χ4n) is 1.86. The van der Waals surface area contributed by atoms with Crippen LogP contribution < -0.4 is 10.5 Å². The number of anilines is 1. The molecule has 26 heavy (non-hydrogen) atoms. The summed E-state index contributed by atoms with van der Waals surface area (Å²) in [5.74, 6) is -1.62. The molecule has 1 amide bonds.